The van der Waals surface area contributed by atoms with Gasteiger partial charge in [-0.1, -0.05) is 24.3 Å². The van der Waals surface area contributed by atoms with Gasteiger partial charge in [0.15, 0.2) is 18.1 Å². The predicted octanol–water partition coefficient (Wildman–Crippen LogP) is 3.90. The Hall–Kier alpha value is -4.09. The van der Waals surface area contributed by atoms with Crippen molar-refractivity contribution < 1.29 is 23.8 Å². The van der Waals surface area contributed by atoms with Gasteiger partial charge in [0.05, 0.1) is 25.4 Å². The average Bonchev–Trinajstić information content (AvgIpc) is 3.22. The van der Waals surface area contributed by atoms with Crippen molar-refractivity contribution in [1.29, 1.82) is 5.26 Å². The van der Waals surface area contributed by atoms with Crippen LogP contribution in [0.4, 0.5) is 0 Å². The molecule has 2 aromatic carbocycles. The smallest absolute Gasteiger partial charge is 0.260 e. The highest BCUT2D eigenvalue weighted by atomic mass is 16.5. The summed E-state index contributed by atoms with van der Waals surface area (Å²) < 4.78 is 16.7. The molecule has 0 aliphatic carbocycles. The summed E-state index contributed by atoms with van der Waals surface area (Å²) in [7, 11) is 0. The van der Waals surface area contributed by atoms with Gasteiger partial charge in [0, 0.05) is 29.7 Å². The first kappa shape index (κ1) is 24.0. The van der Waals surface area contributed by atoms with Crippen LogP contribution in [0.3, 0.4) is 0 Å². The standard InChI is InChI=1S/C27H27N3O5/c1-3-34-24-15-19(8-9-23(24)35-17-25(31)30-10-12-33-13-11-30)14-20(16-28)27(32)26-18(2)29-22-7-5-4-6-21(22)26/h4-9,14-15,29H,3,10-13,17H2,1-2H3/b20-14+. The fourth-order valence-electron chi connectivity index (χ4n) is 4.06. The predicted molar refractivity (Wildman–Crippen MR) is 131 cm³/mol. The molecule has 3 aromatic rings. The molecule has 1 aliphatic heterocycles. The van der Waals surface area contributed by atoms with Gasteiger partial charge in [-0.2, -0.15) is 5.26 Å². The molecule has 0 bridgehead atoms. The van der Waals surface area contributed by atoms with Crippen molar-refractivity contribution in [1.82, 2.24) is 9.88 Å². The number of rotatable bonds is 8. The Bertz CT molecular complexity index is 1310. The van der Waals surface area contributed by atoms with E-state index in [0.717, 1.165) is 10.9 Å². The van der Waals surface area contributed by atoms with Crippen LogP contribution in [0.15, 0.2) is 48.0 Å². The summed E-state index contributed by atoms with van der Waals surface area (Å²) in [5.74, 6) is 0.384. The zero-order valence-electron chi connectivity index (χ0n) is 19.8. The zero-order valence-corrected chi connectivity index (χ0v) is 19.8. The first-order chi connectivity index (χ1) is 17.0. The molecule has 35 heavy (non-hydrogen) atoms. The van der Waals surface area contributed by atoms with Crippen LogP contribution in [0, 0.1) is 18.3 Å². The van der Waals surface area contributed by atoms with Crippen LogP contribution in [0.2, 0.25) is 0 Å². The highest BCUT2D eigenvalue weighted by Gasteiger charge is 2.21. The van der Waals surface area contributed by atoms with E-state index in [9.17, 15) is 14.9 Å². The summed E-state index contributed by atoms with van der Waals surface area (Å²) in [4.78, 5) is 30.6. The van der Waals surface area contributed by atoms with E-state index in [4.69, 9.17) is 14.2 Å². The van der Waals surface area contributed by atoms with E-state index in [0.29, 0.717) is 61.2 Å². The summed E-state index contributed by atoms with van der Waals surface area (Å²) in [5, 5.41) is 10.5. The van der Waals surface area contributed by atoms with Crippen LogP contribution in [-0.2, 0) is 9.53 Å². The quantitative estimate of drug-likeness (QED) is 0.302. The average molecular weight is 474 g/mol. The second-order valence-corrected chi connectivity index (χ2v) is 8.09. The number of morpholine rings is 1. The molecule has 0 saturated carbocycles. The van der Waals surface area contributed by atoms with Gasteiger partial charge in [-0.3, -0.25) is 9.59 Å². The minimum Gasteiger partial charge on any atom is -0.490 e. The number of Topliss-reactive ketones (excluding diaryl/α,β-unsaturated/α-hetero) is 1. The lowest BCUT2D eigenvalue weighted by molar-refractivity contribution is -0.137. The first-order valence-corrected chi connectivity index (χ1v) is 11.5. The van der Waals surface area contributed by atoms with Crippen molar-refractivity contribution in [3.63, 3.8) is 0 Å². The minimum absolute atomic E-state index is 0.0106. The molecule has 4 rings (SSSR count). The molecule has 0 spiro atoms. The molecule has 8 heteroatoms. The number of allylic oxidation sites excluding steroid dienone is 1. The second-order valence-electron chi connectivity index (χ2n) is 8.09. The molecule has 1 saturated heterocycles. The molecule has 1 amide bonds. The number of aromatic amines is 1. The maximum absolute atomic E-state index is 13.3. The van der Waals surface area contributed by atoms with Gasteiger partial charge in [0.2, 0.25) is 5.78 Å². The molecule has 1 fully saturated rings. The third kappa shape index (κ3) is 5.36. The van der Waals surface area contributed by atoms with E-state index < -0.39 is 0 Å². The van der Waals surface area contributed by atoms with Crippen LogP contribution < -0.4 is 9.47 Å². The van der Waals surface area contributed by atoms with Crippen molar-refractivity contribution in [2.45, 2.75) is 13.8 Å². The van der Waals surface area contributed by atoms with E-state index in [1.165, 1.54) is 6.08 Å². The minimum atomic E-state index is -0.350. The number of benzene rings is 2. The Morgan fingerprint density at radius 1 is 1.14 bits per heavy atom. The summed E-state index contributed by atoms with van der Waals surface area (Å²) in [6, 6.07) is 14.6. The number of ketones is 1. The number of aryl methyl sites for hydroxylation is 1. The number of nitrogens with one attached hydrogen (secondary N) is 1. The summed E-state index contributed by atoms with van der Waals surface area (Å²) in [6.07, 6.45) is 1.54. The zero-order chi connectivity index (χ0) is 24.8. The van der Waals surface area contributed by atoms with Gasteiger partial charge in [-0.25, -0.2) is 0 Å². The maximum atomic E-state index is 13.3. The summed E-state index contributed by atoms with van der Waals surface area (Å²) in [6.45, 7) is 6.08. The largest absolute Gasteiger partial charge is 0.490 e. The van der Waals surface area contributed by atoms with E-state index in [1.54, 1.807) is 23.1 Å². The van der Waals surface area contributed by atoms with Gasteiger partial charge < -0.3 is 24.1 Å². The second kappa shape index (κ2) is 10.9. The maximum Gasteiger partial charge on any atom is 0.260 e. The number of carbonyl (C=O) groups is 2. The Kier molecular flexibility index (Phi) is 7.48. The summed E-state index contributed by atoms with van der Waals surface area (Å²) in [5.41, 5.74) is 2.66. The van der Waals surface area contributed by atoms with Crippen LogP contribution in [0.5, 0.6) is 11.5 Å². The molecular weight excluding hydrogens is 446 g/mol. The lowest BCUT2D eigenvalue weighted by atomic mass is 9.99. The van der Waals surface area contributed by atoms with E-state index >= 15 is 0 Å². The Labute approximate surface area is 203 Å². The lowest BCUT2D eigenvalue weighted by Crippen LogP contribution is -2.43. The van der Waals surface area contributed by atoms with Crippen LogP contribution >= 0.6 is 0 Å². The van der Waals surface area contributed by atoms with Crippen molar-refractivity contribution in [2.75, 3.05) is 39.5 Å². The fraction of sp³-hybridized carbons (Fsp3) is 0.296. The summed E-state index contributed by atoms with van der Waals surface area (Å²) >= 11 is 0. The van der Waals surface area contributed by atoms with Gasteiger partial charge in [0.25, 0.3) is 5.91 Å². The van der Waals surface area contributed by atoms with Crippen LogP contribution in [0.1, 0.15) is 28.5 Å². The first-order valence-electron chi connectivity index (χ1n) is 11.5. The molecule has 0 unspecified atom stereocenters. The van der Waals surface area contributed by atoms with E-state index in [1.807, 2.05) is 44.2 Å². The van der Waals surface area contributed by atoms with Gasteiger partial charge in [0.1, 0.15) is 11.6 Å². The number of carbonyl (C=O) groups excluding carboxylic acids is 2. The van der Waals surface area contributed by atoms with Crippen molar-refractivity contribution >= 4 is 28.7 Å². The number of H-pyrrole nitrogens is 1. The monoisotopic (exact) mass is 473 g/mol. The molecule has 1 aromatic heterocycles. The fourth-order valence-corrected chi connectivity index (χ4v) is 4.06. The highest BCUT2D eigenvalue weighted by Crippen LogP contribution is 2.30. The van der Waals surface area contributed by atoms with Gasteiger partial charge >= 0.3 is 0 Å². The van der Waals surface area contributed by atoms with Crippen LogP contribution in [0.25, 0.3) is 17.0 Å². The number of hydrogen-bond donors (Lipinski definition) is 1. The number of hydrogen-bond acceptors (Lipinski definition) is 6. The molecule has 8 nitrogen and oxygen atoms in total. The third-order valence-corrected chi connectivity index (χ3v) is 5.78. The third-order valence-electron chi connectivity index (χ3n) is 5.78. The number of fused-ring (bicyclic) bond motifs is 1. The normalized spacial score (nSPS) is 14.0. The molecule has 0 atom stereocenters. The molecular formula is C27H27N3O5. The van der Waals surface area contributed by atoms with Gasteiger partial charge in [-0.05, 0) is 43.7 Å². The van der Waals surface area contributed by atoms with E-state index in [2.05, 4.69) is 4.98 Å². The Balaban J connectivity index is 1.56. The highest BCUT2D eigenvalue weighted by molar-refractivity contribution is 6.20. The van der Waals surface area contributed by atoms with Crippen LogP contribution in [-0.4, -0.2) is 61.1 Å². The Morgan fingerprint density at radius 3 is 2.66 bits per heavy atom. The molecule has 1 aliphatic rings. The number of ether oxygens (including phenoxy) is 3. The number of aromatic nitrogens is 1. The number of nitriles is 1. The number of nitrogens with zero attached hydrogens (tertiary/aromatic N) is 2. The SMILES string of the molecule is CCOc1cc(/C=C(\C#N)C(=O)c2c(C)[nH]c3ccccc23)ccc1OCC(=O)N1CCOCC1. The molecule has 1 N–H and O–H groups in total. The molecule has 180 valence electrons. The van der Waals surface area contributed by atoms with Crippen molar-refractivity contribution in [3.05, 3.63) is 64.9 Å². The van der Waals surface area contributed by atoms with Crippen molar-refractivity contribution in [3.8, 4) is 17.6 Å². The molecule has 2 heterocycles. The number of amides is 1. The lowest BCUT2D eigenvalue weighted by Gasteiger charge is -2.26. The van der Waals surface area contributed by atoms with Crippen molar-refractivity contribution in [2.24, 2.45) is 0 Å². The molecule has 0 radical (unpaired) electrons. The van der Waals surface area contributed by atoms with Gasteiger partial charge in [-0.15, -0.1) is 0 Å². The Morgan fingerprint density at radius 2 is 1.91 bits per heavy atom. The number of para-hydroxylation sites is 1. The topological polar surface area (TPSA) is 105 Å². The van der Waals surface area contributed by atoms with E-state index in [-0.39, 0.29) is 23.9 Å².